The summed E-state index contributed by atoms with van der Waals surface area (Å²) in [4.78, 5) is 0. The van der Waals surface area contributed by atoms with Crippen LogP contribution in [0.15, 0.2) is 35.2 Å². The van der Waals surface area contributed by atoms with Gasteiger partial charge in [0.1, 0.15) is 12.0 Å². The quantitative estimate of drug-likeness (QED) is 0.551. The van der Waals surface area contributed by atoms with Crippen LogP contribution in [-0.2, 0) is 0 Å². The molecule has 0 saturated carbocycles. The first-order valence-electron chi connectivity index (χ1n) is 2.53. The molecule has 0 amide bonds. The third-order valence-corrected chi connectivity index (χ3v) is 0.804. The van der Waals surface area contributed by atoms with Crippen molar-refractivity contribution in [2.45, 2.75) is 0 Å². The second-order valence-electron chi connectivity index (χ2n) is 1.49. The van der Waals surface area contributed by atoms with E-state index in [0.717, 1.165) is 0 Å². The van der Waals surface area contributed by atoms with Gasteiger partial charge in [0.05, 0.1) is 0 Å². The van der Waals surface area contributed by atoms with Crippen LogP contribution >= 0.6 is 0 Å². The van der Waals surface area contributed by atoms with Gasteiger partial charge in [-0.25, -0.2) is 5.16 Å². The molecule has 0 aromatic carbocycles. The van der Waals surface area contributed by atoms with Crippen LogP contribution in [0.2, 0.25) is 0 Å². The Morgan fingerprint density at radius 2 is 2.33 bits per heavy atom. The van der Waals surface area contributed by atoms with Gasteiger partial charge < -0.3 is 9.63 Å². The van der Waals surface area contributed by atoms with E-state index < -0.39 is 0 Å². The largest absolute Gasteiger partial charge is 0.508 e. The third-order valence-electron chi connectivity index (χ3n) is 0.804. The number of hydrogen-bond donors (Lipinski definition) is 2. The lowest BCUT2D eigenvalue weighted by Crippen LogP contribution is -1.61. The summed E-state index contributed by atoms with van der Waals surface area (Å²) in [5.74, 6) is 0.196. The summed E-state index contributed by atoms with van der Waals surface area (Å²) in [5, 5.41) is 11.3. The number of nitrogens with one attached hydrogen (secondary N) is 1. The fraction of sp³-hybridized carbons (Fsp3) is 0. The monoisotopic (exact) mass is 125 g/mol. The highest BCUT2D eigenvalue weighted by molar-refractivity contribution is 5.12. The molecule has 1 aromatic heterocycles. The lowest BCUT2D eigenvalue weighted by molar-refractivity contribution is 0.401. The summed E-state index contributed by atoms with van der Waals surface area (Å²) < 4.78 is 4.65. The normalized spacial score (nSPS) is 8.44. The van der Waals surface area contributed by atoms with Crippen molar-refractivity contribution in [1.29, 1.82) is 0 Å². The minimum atomic E-state index is 0.196. The summed E-state index contributed by atoms with van der Waals surface area (Å²) in [7, 11) is 0. The van der Waals surface area contributed by atoms with Crippen molar-refractivity contribution in [3.05, 3.63) is 30.7 Å². The maximum absolute atomic E-state index is 8.84. The van der Waals surface area contributed by atoms with Crippen molar-refractivity contribution < 1.29 is 9.63 Å². The minimum absolute atomic E-state index is 0.196. The molecule has 1 aromatic rings. The van der Waals surface area contributed by atoms with E-state index in [0.29, 0.717) is 0 Å². The fourth-order valence-corrected chi connectivity index (χ4v) is 0.431. The molecule has 1 rings (SSSR count). The number of aromatic amines is 1. The SMILES string of the molecule is Oc1ccco[nH]cc1. The minimum Gasteiger partial charge on any atom is -0.508 e. The Morgan fingerprint density at radius 3 is 3.22 bits per heavy atom. The Bertz CT molecular complexity index is 193. The van der Waals surface area contributed by atoms with Crippen LogP contribution in [0.3, 0.4) is 0 Å². The number of aromatic hydroxyl groups is 1. The van der Waals surface area contributed by atoms with Crippen molar-refractivity contribution in [2.24, 2.45) is 0 Å². The van der Waals surface area contributed by atoms with E-state index in [-0.39, 0.29) is 5.75 Å². The highest BCUT2D eigenvalue weighted by Crippen LogP contribution is 1.99. The van der Waals surface area contributed by atoms with Crippen molar-refractivity contribution in [3.8, 4) is 5.75 Å². The van der Waals surface area contributed by atoms with Crippen LogP contribution in [0.25, 0.3) is 0 Å². The standard InChI is InChI=1S/C6H7NO2/c8-6-2-1-5-9-7-4-3-6/h1-5,7-8H. The second-order valence-corrected chi connectivity index (χ2v) is 1.49. The number of hydrogen-bond acceptors (Lipinski definition) is 2. The van der Waals surface area contributed by atoms with Crippen LogP contribution in [-0.4, -0.2) is 10.3 Å². The summed E-state index contributed by atoms with van der Waals surface area (Å²) >= 11 is 0. The van der Waals surface area contributed by atoms with Gasteiger partial charge in [0.25, 0.3) is 0 Å². The highest BCUT2D eigenvalue weighted by Gasteiger charge is 1.73. The molecule has 48 valence electrons. The molecule has 9 heavy (non-hydrogen) atoms. The van der Waals surface area contributed by atoms with E-state index in [1.54, 1.807) is 6.07 Å². The first kappa shape index (κ1) is 5.75. The van der Waals surface area contributed by atoms with Gasteiger partial charge in [0.15, 0.2) is 0 Å². The van der Waals surface area contributed by atoms with Gasteiger partial charge in [-0.05, 0) is 18.2 Å². The lowest BCUT2D eigenvalue weighted by atomic mass is 10.5. The first-order valence-corrected chi connectivity index (χ1v) is 2.53. The van der Waals surface area contributed by atoms with Crippen LogP contribution in [0.1, 0.15) is 0 Å². The molecular weight excluding hydrogens is 118 g/mol. The zero-order chi connectivity index (χ0) is 6.53. The molecule has 0 radical (unpaired) electrons. The summed E-state index contributed by atoms with van der Waals surface area (Å²) in [6.45, 7) is 0. The van der Waals surface area contributed by atoms with E-state index in [1.807, 2.05) is 0 Å². The maximum atomic E-state index is 8.84. The average Bonchev–Trinajstić information content (AvgIpc) is 1.79. The van der Waals surface area contributed by atoms with Gasteiger partial charge in [0.2, 0.25) is 0 Å². The number of aromatic nitrogens is 1. The van der Waals surface area contributed by atoms with Crippen molar-refractivity contribution in [1.82, 2.24) is 5.16 Å². The maximum Gasteiger partial charge on any atom is 0.119 e. The number of H-pyrrole nitrogens is 1. The second kappa shape index (κ2) is 2.81. The zero-order valence-electron chi connectivity index (χ0n) is 4.74. The molecule has 0 saturated heterocycles. The predicted octanol–water partition coefficient (Wildman–Crippen LogP) is 1.44. The van der Waals surface area contributed by atoms with E-state index in [2.05, 4.69) is 9.68 Å². The van der Waals surface area contributed by atoms with E-state index in [4.69, 9.17) is 5.11 Å². The molecule has 0 unspecified atom stereocenters. The van der Waals surface area contributed by atoms with Crippen LogP contribution in [0.4, 0.5) is 0 Å². The van der Waals surface area contributed by atoms with Gasteiger partial charge in [-0.3, -0.25) is 0 Å². The highest BCUT2D eigenvalue weighted by atomic mass is 16.4. The molecule has 0 aliphatic carbocycles. The summed E-state index contributed by atoms with van der Waals surface area (Å²) in [5.41, 5.74) is 0. The van der Waals surface area contributed by atoms with Crippen molar-refractivity contribution in [2.75, 3.05) is 0 Å². The van der Waals surface area contributed by atoms with Gasteiger partial charge in [-0.2, -0.15) is 0 Å². The summed E-state index contributed by atoms with van der Waals surface area (Å²) in [6, 6.07) is 4.60. The smallest absolute Gasteiger partial charge is 0.119 e. The molecule has 3 heteroatoms. The first-order chi connectivity index (χ1) is 4.39. The van der Waals surface area contributed by atoms with Crippen molar-refractivity contribution >= 4 is 0 Å². The zero-order valence-corrected chi connectivity index (χ0v) is 4.74. The Kier molecular flexibility index (Phi) is 1.80. The molecule has 0 atom stereocenters. The van der Waals surface area contributed by atoms with Gasteiger partial charge in [-0.15, -0.1) is 0 Å². The Hall–Kier alpha value is -1.38. The van der Waals surface area contributed by atoms with E-state index in [9.17, 15) is 0 Å². The molecular formula is C6H7NO2. The van der Waals surface area contributed by atoms with Crippen LogP contribution < -0.4 is 0 Å². The van der Waals surface area contributed by atoms with Crippen molar-refractivity contribution in [3.63, 3.8) is 0 Å². The summed E-state index contributed by atoms with van der Waals surface area (Å²) in [6.07, 6.45) is 2.93. The molecule has 0 aliphatic rings. The van der Waals surface area contributed by atoms with Crippen LogP contribution in [0, 0.1) is 0 Å². The number of rotatable bonds is 0. The topological polar surface area (TPSA) is 49.2 Å². The Morgan fingerprint density at radius 1 is 1.44 bits per heavy atom. The third kappa shape index (κ3) is 1.90. The van der Waals surface area contributed by atoms with E-state index in [1.165, 1.54) is 24.6 Å². The van der Waals surface area contributed by atoms with Crippen LogP contribution in [0.5, 0.6) is 5.75 Å². The fourth-order valence-electron chi connectivity index (χ4n) is 0.431. The average molecular weight is 125 g/mol. The van der Waals surface area contributed by atoms with E-state index >= 15 is 0 Å². The Labute approximate surface area is 52.2 Å². The molecule has 2 N–H and O–H groups in total. The van der Waals surface area contributed by atoms with Gasteiger partial charge in [-0.1, -0.05) is 0 Å². The molecule has 0 spiro atoms. The Balaban J connectivity index is 3.08. The molecule has 0 fully saturated rings. The molecule has 3 nitrogen and oxygen atoms in total. The van der Waals surface area contributed by atoms with Gasteiger partial charge >= 0.3 is 0 Å². The van der Waals surface area contributed by atoms with Gasteiger partial charge in [0, 0.05) is 6.20 Å². The predicted molar refractivity (Wildman–Crippen MR) is 32.4 cm³/mol. The molecule has 0 aliphatic heterocycles. The molecule has 0 bridgehead atoms. The lowest BCUT2D eigenvalue weighted by Gasteiger charge is -1.82. The molecule has 1 heterocycles.